The molecule has 3 heteroatoms. The largest absolute Gasteiger partial charge is 0.308 e. The van der Waals surface area contributed by atoms with Gasteiger partial charge in [-0.3, -0.25) is 0 Å². The maximum absolute atomic E-state index is 4.31. The minimum absolute atomic E-state index is 0.272. The third-order valence-corrected chi connectivity index (χ3v) is 2.89. The SMILES string of the molecule is CNC(C1=CCCCC1)c1ccncn1. The normalized spacial score (nSPS) is 18.3. The van der Waals surface area contributed by atoms with Crippen LogP contribution in [0.1, 0.15) is 37.4 Å². The van der Waals surface area contributed by atoms with Gasteiger partial charge in [-0.15, -0.1) is 0 Å². The topological polar surface area (TPSA) is 37.8 Å². The van der Waals surface area contributed by atoms with Crippen LogP contribution >= 0.6 is 0 Å². The first-order chi connectivity index (χ1) is 7.42. The van der Waals surface area contributed by atoms with Crippen molar-refractivity contribution in [3.63, 3.8) is 0 Å². The Hall–Kier alpha value is -1.22. The maximum atomic E-state index is 4.31. The van der Waals surface area contributed by atoms with E-state index in [9.17, 15) is 0 Å². The molecule has 2 rings (SSSR count). The minimum Gasteiger partial charge on any atom is -0.308 e. The highest BCUT2D eigenvalue weighted by molar-refractivity contribution is 5.22. The molecule has 0 saturated carbocycles. The van der Waals surface area contributed by atoms with Gasteiger partial charge in [-0.2, -0.15) is 0 Å². The molecule has 1 N–H and O–H groups in total. The summed E-state index contributed by atoms with van der Waals surface area (Å²) in [6.07, 6.45) is 10.8. The molecule has 0 bridgehead atoms. The average Bonchev–Trinajstić information content (AvgIpc) is 2.33. The fraction of sp³-hybridized carbons (Fsp3) is 0.500. The molecule has 1 atom stereocenters. The first-order valence-electron chi connectivity index (χ1n) is 5.54. The molecule has 0 saturated heterocycles. The summed E-state index contributed by atoms with van der Waals surface area (Å²) in [5, 5.41) is 3.33. The number of aromatic nitrogens is 2. The van der Waals surface area contributed by atoms with Crippen molar-refractivity contribution in [1.82, 2.24) is 15.3 Å². The van der Waals surface area contributed by atoms with E-state index in [0.29, 0.717) is 0 Å². The van der Waals surface area contributed by atoms with Crippen LogP contribution in [0.5, 0.6) is 0 Å². The van der Waals surface area contributed by atoms with Crippen molar-refractivity contribution in [2.45, 2.75) is 31.7 Å². The third-order valence-electron chi connectivity index (χ3n) is 2.89. The van der Waals surface area contributed by atoms with Crippen molar-refractivity contribution >= 4 is 0 Å². The molecule has 80 valence electrons. The highest BCUT2D eigenvalue weighted by Crippen LogP contribution is 2.28. The van der Waals surface area contributed by atoms with Crippen LogP contribution in [-0.2, 0) is 0 Å². The van der Waals surface area contributed by atoms with E-state index in [-0.39, 0.29) is 6.04 Å². The van der Waals surface area contributed by atoms with Gasteiger partial charge in [-0.25, -0.2) is 9.97 Å². The Bertz CT molecular complexity index is 332. The zero-order valence-corrected chi connectivity index (χ0v) is 9.11. The third kappa shape index (κ3) is 2.42. The van der Waals surface area contributed by atoms with E-state index >= 15 is 0 Å². The highest BCUT2D eigenvalue weighted by atomic mass is 14.9. The lowest BCUT2D eigenvalue weighted by Crippen LogP contribution is -2.20. The molecule has 1 aliphatic rings. The number of likely N-dealkylation sites (N-methyl/N-ethyl adjacent to an activating group) is 1. The van der Waals surface area contributed by atoms with Crippen molar-refractivity contribution < 1.29 is 0 Å². The smallest absolute Gasteiger partial charge is 0.115 e. The Morgan fingerprint density at radius 1 is 1.40 bits per heavy atom. The van der Waals surface area contributed by atoms with Gasteiger partial charge in [0.1, 0.15) is 6.33 Å². The van der Waals surface area contributed by atoms with Gasteiger partial charge < -0.3 is 5.32 Å². The zero-order chi connectivity index (χ0) is 10.5. The van der Waals surface area contributed by atoms with Crippen LogP contribution in [0.3, 0.4) is 0 Å². The fourth-order valence-corrected chi connectivity index (χ4v) is 2.12. The summed E-state index contributed by atoms with van der Waals surface area (Å²) in [6, 6.07) is 2.25. The van der Waals surface area contributed by atoms with Crippen molar-refractivity contribution in [1.29, 1.82) is 0 Å². The van der Waals surface area contributed by atoms with Gasteiger partial charge in [0.15, 0.2) is 0 Å². The molecule has 0 radical (unpaired) electrons. The van der Waals surface area contributed by atoms with Crippen molar-refractivity contribution in [3.8, 4) is 0 Å². The Labute approximate surface area is 90.6 Å². The summed E-state index contributed by atoms with van der Waals surface area (Å²) in [6.45, 7) is 0. The lowest BCUT2D eigenvalue weighted by molar-refractivity contribution is 0.582. The van der Waals surface area contributed by atoms with Crippen LogP contribution in [0.2, 0.25) is 0 Å². The highest BCUT2D eigenvalue weighted by Gasteiger charge is 2.17. The molecule has 1 aliphatic carbocycles. The predicted octanol–water partition coefficient (Wildman–Crippen LogP) is 2.24. The van der Waals surface area contributed by atoms with E-state index < -0.39 is 0 Å². The van der Waals surface area contributed by atoms with E-state index in [1.165, 1.54) is 31.3 Å². The number of nitrogens with one attached hydrogen (secondary N) is 1. The van der Waals surface area contributed by atoms with E-state index in [0.717, 1.165) is 5.69 Å². The molecular formula is C12H17N3. The van der Waals surface area contributed by atoms with Gasteiger partial charge in [0.25, 0.3) is 0 Å². The van der Waals surface area contributed by atoms with E-state index in [1.54, 1.807) is 12.5 Å². The first kappa shape index (κ1) is 10.3. The molecule has 1 heterocycles. The van der Waals surface area contributed by atoms with Crippen molar-refractivity contribution in [2.75, 3.05) is 7.05 Å². The maximum Gasteiger partial charge on any atom is 0.115 e. The van der Waals surface area contributed by atoms with Crippen molar-refractivity contribution in [3.05, 3.63) is 35.9 Å². The summed E-state index contributed by atoms with van der Waals surface area (Å²) >= 11 is 0. The lowest BCUT2D eigenvalue weighted by atomic mass is 9.92. The van der Waals surface area contributed by atoms with Gasteiger partial charge in [-0.05, 0) is 38.8 Å². The Morgan fingerprint density at radius 3 is 2.93 bits per heavy atom. The summed E-state index contributed by atoms with van der Waals surface area (Å²) in [5.74, 6) is 0. The molecule has 0 fully saturated rings. The molecule has 0 spiro atoms. The number of rotatable bonds is 3. The minimum atomic E-state index is 0.272. The Kier molecular flexibility index (Phi) is 3.45. The van der Waals surface area contributed by atoms with Crippen molar-refractivity contribution in [2.24, 2.45) is 0 Å². The van der Waals surface area contributed by atoms with Crippen LogP contribution in [0.25, 0.3) is 0 Å². The predicted molar refractivity (Wildman–Crippen MR) is 60.4 cm³/mol. The average molecular weight is 203 g/mol. The molecule has 1 unspecified atom stereocenters. The van der Waals surface area contributed by atoms with Crippen LogP contribution in [0.4, 0.5) is 0 Å². The van der Waals surface area contributed by atoms with Gasteiger partial charge in [-0.1, -0.05) is 11.6 Å². The van der Waals surface area contributed by atoms with Crippen LogP contribution in [-0.4, -0.2) is 17.0 Å². The monoisotopic (exact) mass is 203 g/mol. The summed E-state index contributed by atoms with van der Waals surface area (Å²) in [7, 11) is 1.99. The number of allylic oxidation sites excluding steroid dienone is 1. The van der Waals surface area contributed by atoms with Gasteiger partial charge >= 0.3 is 0 Å². The van der Waals surface area contributed by atoms with E-state index in [2.05, 4.69) is 21.4 Å². The molecule has 1 aromatic heterocycles. The first-order valence-corrected chi connectivity index (χ1v) is 5.54. The van der Waals surface area contributed by atoms with Gasteiger partial charge in [0.2, 0.25) is 0 Å². The molecule has 0 aliphatic heterocycles. The van der Waals surface area contributed by atoms with E-state index in [4.69, 9.17) is 0 Å². The second-order valence-electron chi connectivity index (χ2n) is 3.88. The number of hydrogen-bond donors (Lipinski definition) is 1. The quantitative estimate of drug-likeness (QED) is 0.765. The molecule has 3 nitrogen and oxygen atoms in total. The molecule has 0 amide bonds. The summed E-state index contributed by atoms with van der Waals surface area (Å²) < 4.78 is 0. The second kappa shape index (κ2) is 5.03. The number of hydrogen-bond acceptors (Lipinski definition) is 3. The van der Waals surface area contributed by atoms with Crippen LogP contribution in [0.15, 0.2) is 30.2 Å². The fourth-order valence-electron chi connectivity index (χ4n) is 2.12. The molecule has 1 aromatic rings. The number of nitrogens with zero attached hydrogens (tertiary/aromatic N) is 2. The zero-order valence-electron chi connectivity index (χ0n) is 9.11. The van der Waals surface area contributed by atoms with Gasteiger partial charge in [0.05, 0.1) is 11.7 Å². The second-order valence-corrected chi connectivity index (χ2v) is 3.88. The summed E-state index contributed by atoms with van der Waals surface area (Å²) in [5.41, 5.74) is 2.54. The lowest BCUT2D eigenvalue weighted by Gasteiger charge is -2.22. The standard InChI is InChI=1S/C12H17N3/c1-13-12(10-5-3-2-4-6-10)11-7-8-14-9-15-11/h5,7-9,12-13H,2-4,6H2,1H3. The van der Waals surface area contributed by atoms with E-state index in [1.807, 2.05) is 13.1 Å². The molecule has 15 heavy (non-hydrogen) atoms. The van der Waals surface area contributed by atoms with Crippen LogP contribution in [0, 0.1) is 0 Å². The van der Waals surface area contributed by atoms with Crippen LogP contribution < -0.4 is 5.32 Å². The van der Waals surface area contributed by atoms with Gasteiger partial charge in [0, 0.05) is 6.20 Å². The Morgan fingerprint density at radius 2 is 2.33 bits per heavy atom. The molecular weight excluding hydrogens is 186 g/mol. The Balaban J connectivity index is 2.20. The summed E-state index contributed by atoms with van der Waals surface area (Å²) in [4.78, 5) is 8.26. The molecule has 0 aromatic carbocycles.